The van der Waals surface area contributed by atoms with Gasteiger partial charge in [0.2, 0.25) is 0 Å². The van der Waals surface area contributed by atoms with Gasteiger partial charge in [-0.2, -0.15) is 0 Å². The largest absolute Gasteiger partial charge is 0.384 e. The molecule has 0 radical (unpaired) electrons. The Labute approximate surface area is 74.8 Å². The molecule has 0 bridgehead atoms. The van der Waals surface area contributed by atoms with E-state index in [9.17, 15) is 0 Å². The number of rotatable bonds is 1. The molecule has 1 heterocycles. The van der Waals surface area contributed by atoms with Gasteiger partial charge in [-0.05, 0) is 25.0 Å². The van der Waals surface area contributed by atoms with Crippen LogP contribution in [0.3, 0.4) is 0 Å². The molecule has 2 N–H and O–H groups in total. The summed E-state index contributed by atoms with van der Waals surface area (Å²) in [6.07, 6.45) is 1.03. The second-order valence-electron chi connectivity index (χ2n) is 2.33. The number of pyridine rings is 1. The number of nitrogens with zero attached hydrogens (tertiary/aromatic N) is 1. The van der Waals surface area contributed by atoms with Gasteiger partial charge in [0.1, 0.15) is 5.82 Å². The van der Waals surface area contributed by atoms with E-state index < -0.39 is 0 Å². The predicted octanol–water partition coefficient (Wildman–Crippen LogP) is 2.56. The Morgan fingerprint density at radius 2 is 1.92 bits per heavy atom. The highest BCUT2D eigenvalue weighted by Gasteiger charge is 1.95. The van der Waals surface area contributed by atoms with Gasteiger partial charge >= 0.3 is 0 Å². The maximum Gasteiger partial charge on any atom is 0.123 e. The maximum absolute atomic E-state index is 5.47. The molecule has 0 saturated carbocycles. The standard InChI is InChI=1S/C8H12N2.C2H6/c1-3-7-4-5-8(9)10-6(7)2;1-2/h4-5H,3H2,1-2H3,(H2,9,10);1-2H3. The molecular formula is C10H18N2. The normalized spacial score (nSPS) is 8.67. The molecule has 0 saturated heterocycles. The van der Waals surface area contributed by atoms with Crippen LogP contribution in [0.15, 0.2) is 12.1 Å². The third-order valence-electron chi connectivity index (χ3n) is 1.60. The van der Waals surface area contributed by atoms with Crippen molar-refractivity contribution in [3.05, 3.63) is 23.4 Å². The molecule has 0 unspecified atom stereocenters. The van der Waals surface area contributed by atoms with Gasteiger partial charge in [0.25, 0.3) is 0 Å². The summed E-state index contributed by atoms with van der Waals surface area (Å²) in [5, 5.41) is 0. The van der Waals surface area contributed by atoms with E-state index in [1.807, 2.05) is 32.9 Å². The van der Waals surface area contributed by atoms with Crippen molar-refractivity contribution in [1.29, 1.82) is 0 Å². The summed E-state index contributed by atoms with van der Waals surface area (Å²) >= 11 is 0. The van der Waals surface area contributed by atoms with Crippen molar-refractivity contribution >= 4 is 5.82 Å². The zero-order valence-electron chi connectivity index (χ0n) is 8.39. The lowest BCUT2D eigenvalue weighted by atomic mass is 10.1. The molecule has 2 nitrogen and oxygen atoms in total. The molecule has 0 atom stereocenters. The molecule has 1 aromatic rings. The average Bonchev–Trinajstić information content (AvgIpc) is 2.08. The molecule has 1 rings (SSSR count). The minimum absolute atomic E-state index is 0.606. The lowest BCUT2D eigenvalue weighted by Gasteiger charge is -2.00. The van der Waals surface area contributed by atoms with Gasteiger partial charge in [0.15, 0.2) is 0 Å². The highest BCUT2D eigenvalue weighted by molar-refractivity contribution is 5.33. The summed E-state index contributed by atoms with van der Waals surface area (Å²) in [6, 6.07) is 3.86. The van der Waals surface area contributed by atoms with E-state index in [0.29, 0.717) is 5.82 Å². The Bertz CT molecular complexity index is 231. The number of hydrogen-bond acceptors (Lipinski definition) is 2. The van der Waals surface area contributed by atoms with Gasteiger partial charge in [-0.1, -0.05) is 26.8 Å². The highest BCUT2D eigenvalue weighted by atomic mass is 14.8. The summed E-state index contributed by atoms with van der Waals surface area (Å²) in [4.78, 5) is 4.12. The summed E-state index contributed by atoms with van der Waals surface area (Å²) < 4.78 is 0. The summed E-state index contributed by atoms with van der Waals surface area (Å²) in [5.41, 5.74) is 7.79. The van der Waals surface area contributed by atoms with E-state index in [2.05, 4.69) is 11.9 Å². The smallest absolute Gasteiger partial charge is 0.123 e. The van der Waals surface area contributed by atoms with E-state index in [1.165, 1.54) is 5.56 Å². The average molecular weight is 166 g/mol. The molecule has 0 aliphatic carbocycles. The third kappa shape index (κ3) is 2.91. The van der Waals surface area contributed by atoms with Crippen LogP contribution in [0.25, 0.3) is 0 Å². The van der Waals surface area contributed by atoms with Crippen LogP contribution in [0, 0.1) is 6.92 Å². The summed E-state index contributed by atoms with van der Waals surface area (Å²) in [5.74, 6) is 0.606. The van der Waals surface area contributed by atoms with Crippen LogP contribution in [0.4, 0.5) is 5.82 Å². The highest BCUT2D eigenvalue weighted by Crippen LogP contribution is 2.07. The minimum Gasteiger partial charge on any atom is -0.384 e. The Morgan fingerprint density at radius 1 is 1.33 bits per heavy atom. The van der Waals surface area contributed by atoms with Crippen molar-refractivity contribution in [2.24, 2.45) is 0 Å². The van der Waals surface area contributed by atoms with Crippen LogP contribution in [0.1, 0.15) is 32.0 Å². The predicted molar refractivity (Wildman–Crippen MR) is 54.1 cm³/mol. The molecule has 0 aliphatic heterocycles. The third-order valence-corrected chi connectivity index (χ3v) is 1.60. The van der Waals surface area contributed by atoms with Crippen molar-refractivity contribution in [2.45, 2.75) is 34.1 Å². The lowest BCUT2D eigenvalue weighted by Crippen LogP contribution is -1.95. The van der Waals surface area contributed by atoms with E-state index in [1.54, 1.807) is 0 Å². The first kappa shape index (κ1) is 11.0. The zero-order valence-corrected chi connectivity index (χ0v) is 8.39. The molecule has 0 spiro atoms. The number of anilines is 1. The Hall–Kier alpha value is -1.05. The molecular weight excluding hydrogens is 148 g/mol. The zero-order chi connectivity index (χ0) is 9.56. The Balaban J connectivity index is 0.000000561. The van der Waals surface area contributed by atoms with E-state index >= 15 is 0 Å². The fourth-order valence-electron chi connectivity index (χ4n) is 0.983. The van der Waals surface area contributed by atoms with E-state index in [0.717, 1.165) is 12.1 Å². The maximum atomic E-state index is 5.47. The first-order valence-electron chi connectivity index (χ1n) is 4.46. The molecule has 1 aromatic heterocycles. The number of nitrogens with two attached hydrogens (primary N) is 1. The fourth-order valence-corrected chi connectivity index (χ4v) is 0.983. The van der Waals surface area contributed by atoms with Crippen molar-refractivity contribution in [1.82, 2.24) is 4.98 Å². The second-order valence-corrected chi connectivity index (χ2v) is 2.33. The molecule has 2 heteroatoms. The van der Waals surface area contributed by atoms with Gasteiger partial charge in [0.05, 0.1) is 0 Å². The van der Waals surface area contributed by atoms with Crippen molar-refractivity contribution < 1.29 is 0 Å². The van der Waals surface area contributed by atoms with Gasteiger partial charge < -0.3 is 5.73 Å². The second kappa shape index (κ2) is 5.58. The molecule has 0 aromatic carbocycles. The number of hydrogen-bond donors (Lipinski definition) is 1. The summed E-state index contributed by atoms with van der Waals surface area (Å²) in [7, 11) is 0. The van der Waals surface area contributed by atoms with Gasteiger partial charge in [-0.3, -0.25) is 0 Å². The van der Waals surface area contributed by atoms with Crippen LogP contribution < -0.4 is 5.73 Å². The van der Waals surface area contributed by atoms with Crippen LogP contribution in [0.2, 0.25) is 0 Å². The monoisotopic (exact) mass is 166 g/mol. The first-order valence-corrected chi connectivity index (χ1v) is 4.46. The quantitative estimate of drug-likeness (QED) is 0.696. The van der Waals surface area contributed by atoms with Crippen LogP contribution in [-0.4, -0.2) is 4.98 Å². The Morgan fingerprint density at radius 3 is 2.33 bits per heavy atom. The molecule has 0 fully saturated rings. The molecule has 12 heavy (non-hydrogen) atoms. The van der Waals surface area contributed by atoms with Crippen LogP contribution in [0.5, 0.6) is 0 Å². The molecule has 68 valence electrons. The van der Waals surface area contributed by atoms with Gasteiger partial charge in [0, 0.05) is 5.69 Å². The molecule has 0 aliphatic rings. The van der Waals surface area contributed by atoms with E-state index in [-0.39, 0.29) is 0 Å². The van der Waals surface area contributed by atoms with Crippen molar-refractivity contribution in [3.8, 4) is 0 Å². The van der Waals surface area contributed by atoms with Gasteiger partial charge in [-0.25, -0.2) is 4.98 Å². The van der Waals surface area contributed by atoms with Crippen molar-refractivity contribution in [2.75, 3.05) is 5.73 Å². The first-order chi connectivity index (χ1) is 5.74. The number of nitrogen functional groups attached to an aromatic ring is 1. The SMILES string of the molecule is CC.CCc1ccc(N)nc1C. The van der Waals surface area contributed by atoms with Gasteiger partial charge in [-0.15, -0.1) is 0 Å². The van der Waals surface area contributed by atoms with Crippen molar-refractivity contribution in [3.63, 3.8) is 0 Å². The minimum atomic E-state index is 0.606. The van der Waals surface area contributed by atoms with Crippen LogP contribution >= 0.6 is 0 Å². The van der Waals surface area contributed by atoms with Crippen LogP contribution in [-0.2, 0) is 6.42 Å². The topological polar surface area (TPSA) is 38.9 Å². The number of aromatic nitrogens is 1. The van der Waals surface area contributed by atoms with E-state index in [4.69, 9.17) is 5.73 Å². The number of aryl methyl sites for hydroxylation is 2. The Kier molecular flexibility index (Phi) is 5.09. The molecule has 0 amide bonds. The summed E-state index contributed by atoms with van der Waals surface area (Å²) in [6.45, 7) is 8.09. The fraction of sp³-hybridized carbons (Fsp3) is 0.500. The lowest BCUT2D eigenvalue weighted by molar-refractivity contribution is 1.05.